The molecule has 0 atom stereocenters. The van der Waals surface area contributed by atoms with Gasteiger partial charge in [0.15, 0.2) is 0 Å². The molecule has 0 N–H and O–H groups in total. The molecule has 0 radical (unpaired) electrons. The van der Waals surface area contributed by atoms with Gasteiger partial charge in [-0.1, -0.05) is 17.7 Å². The molecule has 0 saturated carbocycles. The second kappa shape index (κ2) is 3.92. The fourth-order valence-corrected chi connectivity index (χ4v) is 2.09. The molecule has 0 bridgehead atoms. The number of rotatable bonds is 2. The van der Waals surface area contributed by atoms with E-state index in [1.807, 2.05) is 6.92 Å². The SMILES string of the molecule is C/C([18F])=C/S(=O)(=O)c1ccc(C)cc1. The van der Waals surface area contributed by atoms with E-state index in [1.165, 1.54) is 12.1 Å². The fourth-order valence-electron chi connectivity index (χ4n) is 1.01. The summed E-state index contributed by atoms with van der Waals surface area (Å²) in [6.45, 7) is 2.96. The summed E-state index contributed by atoms with van der Waals surface area (Å²) in [5.74, 6) is -0.717. The predicted molar refractivity (Wildman–Crippen MR) is 53.2 cm³/mol. The van der Waals surface area contributed by atoms with Crippen LogP contribution in [0, 0.1) is 6.92 Å². The third-order valence-electron chi connectivity index (χ3n) is 1.67. The Hall–Kier alpha value is -1.16. The van der Waals surface area contributed by atoms with Gasteiger partial charge in [0.25, 0.3) is 0 Å². The highest BCUT2D eigenvalue weighted by Crippen LogP contribution is 2.14. The Morgan fingerprint density at radius 2 is 1.79 bits per heavy atom. The van der Waals surface area contributed by atoms with Crippen LogP contribution in [0.3, 0.4) is 0 Å². The second-order valence-corrected chi connectivity index (χ2v) is 4.86. The lowest BCUT2D eigenvalue weighted by Gasteiger charge is -1.99. The van der Waals surface area contributed by atoms with Crippen LogP contribution >= 0.6 is 0 Å². The summed E-state index contributed by atoms with van der Waals surface area (Å²) < 4.78 is 35.3. The third-order valence-corrected chi connectivity index (χ3v) is 3.23. The third kappa shape index (κ3) is 2.67. The number of benzene rings is 1. The predicted octanol–water partition coefficient (Wildman–Crippen LogP) is 2.60. The maximum Gasteiger partial charge on any atom is 0.202 e. The van der Waals surface area contributed by atoms with Crippen LogP contribution in [0.1, 0.15) is 12.5 Å². The van der Waals surface area contributed by atoms with Crippen LogP contribution in [0.2, 0.25) is 0 Å². The van der Waals surface area contributed by atoms with Gasteiger partial charge in [-0.2, -0.15) is 0 Å². The Kier molecular flexibility index (Phi) is 3.06. The van der Waals surface area contributed by atoms with Gasteiger partial charge < -0.3 is 0 Å². The average Bonchev–Trinajstić information content (AvgIpc) is 2.02. The molecule has 0 fully saturated rings. The minimum absolute atomic E-state index is 0.111. The van der Waals surface area contributed by atoms with Gasteiger partial charge in [0.2, 0.25) is 9.84 Å². The molecule has 14 heavy (non-hydrogen) atoms. The van der Waals surface area contributed by atoms with Crippen LogP contribution in [0.5, 0.6) is 0 Å². The Bertz CT molecular complexity index is 440. The molecule has 0 spiro atoms. The summed E-state index contributed by atoms with van der Waals surface area (Å²) in [7, 11) is -3.61. The highest BCUT2D eigenvalue weighted by Gasteiger charge is 2.10. The molecular formula is C10H11FO2S. The van der Waals surface area contributed by atoms with Gasteiger partial charge in [0.1, 0.15) is 5.83 Å². The quantitative estimate of drug-likeness (QED) is 0.756. The van der Waals surface area contributed by atoms with E-state index < -0.39 is 15.7 Å². The first-order valence-electron chi connectivity index (χ1n) is 4.07. The smallest absolute Gasteiger partial charge is 0.202 e. The Labute approximate surface area is 83.0 Å². The molecule has 0 heterocycles. The first-order chi connectivity index (χ1) is 6.42. The normalized spacial score (nSPS) is 12.9. The van der Waals surface area contributed by atoms with Gasteiger partial charge in [-0.25, -0.2) is 12.8 Å². The van der Waals surface area contributed by atoms with Gasteiger partial charge in [-0.15, -0.1) is 0 Å². The number of aryl methyl sites for hydroxylation is 1. The highest BCUT2D eigenvalue weighted by atomic mass is 32.2. The van der Waals surface area contributed by atoms with Crippen molar-refractivity contribution < 1.29 is 12.8 Å². The van der Waals surface area contributed by atoms with Crippen molar-refractivity contribution in [2.24, 2.45) is 0 Å². The molecule has 0 aliphatic heterocycles. The first kappa shape index (κ1) is 10.9. The van der Waals surface area contributed by atoms with Gasteiger partial charge in [-0.3, -0.25) is 0 Å². The number of sulfone groups is 1. The van der Waals surface area contributed by atoms with Crippen molar-refractivity contribution in [3.8, 4) is 0 Å². The molecular weight excluding hydrogens is 202 g/mol. The Morgan fingerprint density at radius 1 is 1.29 bits per heavy atom. The molecule has 0 unspecified atom stereocenters. The van der Waals surface area contributed by atoms with Gasteiger partial charge in [0.05, 0.1) is 10.3 Å². The highest BCUT2D eigenvalue weighted by molar-refractivity contribution is 7.94. The molecule has 0 saturated heterocycles. The number of hydrogen-bond donors (Lipinski definition) is 0. The number of allylic oxidation sites excluding steroid dienone is 1. The monoisotopic (exact) mass is 213 g/mol. The summed E-state index contributed by atoms with van der Waals surface area (Å²) >= 11 is 0. The summed E-state index contributed by atoms with van der Waals surface area (Å²) in [5.41, 5.74) is 0.963. The van der Waals surface area contributed by atoms with E-state index in [1.54, 1.807) is 12.1 Å². The lowest BCUT2D eigenvalue weighted by Crippen LogP contribution is -1.96. The summed E-state index contributed by atoms with van der Waals surface area (Å²) in [6.07, 6.45) is 0. The number of halogens is 1. The lowest BCUT2D eigenvalue weighted by atomic mass is 10.2. The van der Waals surface area contributed by atoms with E-state index in [2.05, 4.69) is 0 Å². The van der Waals surface area contributed by atoms with E-state index in [0.29, 0.717) is 5.41 Å². The van der Waals surface area contributed by atoms with Crippen molar-refractivity contribution in [2.75, 3.05) is 0 Å². The maximum absolute atomic E-state index is 12.4. The largest absolute Gasteiger partial charge is 0.219 e. The maximum atomic E-state index is 12.4. The van der Waals surface area contributed by atoms with Crippen LogP contribution in [0.15, 0.2) is 40.4 Å². The molecule has 0 aliphatic carbocycles. The van der Waals surface area contributed by atoms with Gasteiger partial charge in [-0.05, 0) is 26.0 Å². The van der Waals surface area contributed by atoms with E-state index in [4.69, 9.17) is 0 Å². The van der Waals surface area contributed by atoms with Crippen LogP contribution in [-0.2, 0) is 9.84 Å². The van der Waals surface area contributed by atoms with Crippen molar-refractivity contribution >= 4 is 9.84 Å². The van der Waals surface area contributed by atoms with Crippen molar-refractivity contribution in [1.29, 1.82) is 0 Å². The Morgan fingerprint density at radius 3 is 2.21 bits per heavy atom. The molecule has 1 rings (SSSR count). The summed E-state index contributed by atoms with van der Waals surface area (Å²) in [5, 5.41) is 0.623. The van der Waals surface area contributed by atoms with Crippen molar-refractivity contribution in [3.05, 3.63) is 41.1 Å². The first-order valence-corrected chi connectivity index (χ1v) is 5.62. The molecule has 0 aliphatic rings. The van der Waals surface area contributed by atoms with E-state index >= 15 is 0 Å². The minimum atomic E-state index is -3.61. The van der Waals surface area contributed by atoms with Crippen LogP contribution in [0.25, 0.3) is 0 Å². The van der Waals surface area contributed by atoms with Crippen LogP contribution in [-0.4, -0.2) is 8.42 Å². The molecule has 2 nitrogen and oxygen atoms in total. The number of hydrogen-bond acceptors (Lipinski definition) is 2. The van der Waals surface area contributed by atoms with E-state index in [0.717, 1.165) is 12.5 Å². The van der Waals surface area contributed by atoms with Crippen LogP contribution in [0.4, 0.5) is 4.39 Å². The molecule has 4 heteroatoms. The Balaban J connectivity index is 3.18. The van der Waals surface area contributed by atoms with Crippen LogP contribution < -0.4 is 0 Å². The molecule has 0 amide bonds. The van der Waals surface area contributed by atoms with Crippen molar-refractivity contribution in [3.63, 3.8) is 0 Å². The van der Waals surface area contributed by atoms with E-state index in [-0.39, 0.29) is 4.90 Å². The lowest BCUT2D eigenvalue weighted by molar-refractivity contribution is 0.599. The van der Waals surface area contributed by atoms with E-state index in [9.17, 15) is 12.8 Å². The zero-order valence-corrected chi connectivity index (χ0v) is 8.81. The minimum Gasteiger partial charge on any atom is -0.219 e. The standard InChI is InChI=1S/C10H11FO2S/c1-8-3-5-10(6-4-8)14(12,13)7-9(2)11/h3-7H,1-2H3/b9-7-/i11-1. The zero-order valence-electron chi connectivity index (χ0n) is 7.99. The molecule has 1 aromatic carbocycles. The van der Waals surface area contributed by atoms with Gasteiger partial charge in [0, 0.05) is 0 Å². The molecule has 1 aromatic rings. The molecule has 0 aromatic heterocycles. The molecule has 76 valence electrons. The second-order valence-electron chi connectivity index (χ2n) is 3.06. The van der Waals surface area contributed by atoms with Gasteiger partial charge >= 0.3 is 0 Å². The summed E-state index contributed by atoms with van der Waals surface area (Å²) in [6, 6.07) is 6.27. The fraction of sp³-hybridized carbons (Fsp3) is 0.200. The van der Waals surface area contributed by atoms with Crippen molar-refractivity contribution in [1.82, 2.24) is 0 Å². The van der Waals surface area contributed by atoms with Crippen molar-refractivity contribution in [2.45, 2.75) is 18.7 Å². The summed E-state index contributed by atoms with van der Waals surface area (Å²) in [4.78, 5) is 0.111. The zero-order chi connectivity index (χ0) is 10.8. The average molecular weight is 213 g/mol. The topological polar surface area (TPSA) is 34.1 Å².